The Labute approximate surface area is 128 Å². The highest BCUT2D eigenvalue weighted by molar-refractivity contribution is 6.34. The fourth-order valence-corrected chi connectivity index (χ4v) is 2.06. The van der Waals surface area contributed by atoms with Crippen molar-refractivity contribution in [2.45, 2.75) is 13.8 Å². The van der Waals surface area contributed by atoms with E-state index in [1.165, 1.54) is 0 Å². The van der Waals surface area contributed by atoms with Gasteiger partial charge in [0, 0.05) is 16.7 Å². The Hall–Kier alpha value is -1.51. The van der Waals surface area contributed by atoms with Gasteiger partial charge in [0.2, 0.25) is 0 Å². The molecule has 0 fully saturated rings. The van der Waals surface area contributed by atoms with Gasteiger partial charge >= 0.3 is 0 Å². The van der Waals surface area contributed by atoms with E-state index in [2.05, 4.69) is 0 Å². The number of hydrogen-bond donors (Lipinski definition) is 0. The molecule has 0 amide bonds. The second kappa shape index (κ2) is 6.29. The summed E-state index contributed by atoms with van der Waals surface area (Å²) < 4.78 is 5.44. The second-order valence-corrected chi connectivity index (χ2v) is 5.43. The molecule has 0 atom stereocenters. The Balaban J connectivity index is 2.08. The van der Waals surface area contributed by atoms with Crippen LogP contribution in [0.4, 0.5) is 0 Å². The normalized spacial score (nSPS) is 10.4. The highest BCUT2D eigenvalue weighted by atomic mass is 35.5. The van der Waals surface area contributed by atoms with E-state index in [4.69, 9.17) is 27.9 Å². The summed E-state index contributed by atoms with van der Waals surface area (Å²) >= 11 is 11.8. The molecule has 0 saturated carbocycles. The van der Waals surface area contributed by atoms with Crippen LogP contribution in [0.25, 0.3) is 0 Å². The lowest BCUT2D eigenvalue weighted by molar-refractivity contribution is 0.0921. The summed E-state index contributed by atoms with van der Waals surface area (Å²) in [6.07, 6.45) is 0. The molecular weight excluding hydrogens is 295 g/mol. The van der Waals surface area contributed by atoms with Crippen LogP contribution in [0.15, 0.2) is 36.4 Å². The summed E-state index contributed by atoms with van der Waals surface area (Å²) in [5.74, 6) is 0.320. The second-order valence-electron chi connectivity index (χ2n) is 4.59. The van der Waals surface area contributed by atoms with Crippen molar-refractivity contribution in [3.8, 4) is 5.75 Å². The van der Waals surface area contributed by atoms with Gasteiger partial charge in [-0.25, -0.2) is 0 Å². The molecule has 2 aromatic rings. The molecule has 4 heteroatoms. The molecule has 0 saturated heterocycles. The van der Waals surface area contributed by atoms with Crippen molar-refractivity contribution in [2.75, 3.05) is 6.61 Å². The number of hydrogen-bond acceptors (Lipinski definition) is 2. The van der Waals surface area contributed by atoms with E-state index in [0.29, 0.717) is 21.4 Å². The molecule has 0 radical (unpaired) electrons. The zero-order valence-corrected chi connectivity index (χ0v) is 12.8. The number of carbonyl (C=O) groups excluding carboxylic acids is 1. The van der Waals surface area contributed by atoms with Crippen molar-refractivity contribution in [3.05, 3.63) is 63.1 Å². The highest BCUT2D eigenvalue weighted by Gasteiger charge is 2.10. The fourth-order valence-electron chi connectivity index (χ4n) is 1.73. The molecule has 0 aliphatic rings. The average molecular weight is 309 g/mol. The topological polar surface area (TPSA) is 26.3 Å². The van der Waals surface area contributed by atoms with E-state index in [1.54, 1.807) is 24.3 Å². The quantitative estimate of drug-likeness (QED) is 0.753. The van der Waals surface area contributed by atoms with Gasteiger partial charge in [0.1, 0.15) is 5.75 Å². The molecule has 2 rings (SSSR count). The monoisotopic (exact) mass is 308 g/mol. The third-order valence-electron chi connectivity index (χ3n) is 3.08. The third kappa shape index (κ3) is 3.53. The molecule has 0 aliphatic carbocycles. The Kier molecular flexibility index (Phi) is 4.69. The predicted octanol–water partition coefficient (Wildman–Crippen LogP) is 4.87. The van der Waals surface area contributed by atoms with Gasteiger partial charge in [0.25, 0.3) is 0 Å². The third-order valence-corrected chi connectivity index (χ3v) is 3.63. The van der Waals surface area contributed by atoms with Gasteiger partial charge in [-0.05, 0) is 43.2 Å². The first kappa shape index (κ1) is 14.9. The summed E-state index contributed by atoms with van der Waals surface area (Å²) in [5, 5.41) is 0.949. The number of aryl methyl sites for hydroxylation is 2. The molecule has 0 heterocycles. The lowest BCUT2D eigenvalue weighted by Crippen LogP contribution is -2.12. The molecule has 104 valence electrons. The Bertz CT molecular complexity index is 651. The largest absolute Gasteiger partial charge is 0.484 e. The van der Waals surface area contributed by atoms with Crippen LogP contribution in [0, 0.1) is 13.8 Å². The zero-order valence-electron chi connectivity index (χ0n) is 11.2. The smallest absolute Gasteiger partial charge is 0.200 e. The molecule has 2 nitrogen and oxygen atoms in total. The van der Waals surface area contributed by atoms with Gasteiger partial charge in [-0.3, -0.25) is 4.79 Å². The first-order valence-electron chi connectivity index (χ1n) is 6.15. The number of Topliss-reactive ketones (excluding diaryl/α,β-unsaturated/α-hetero) is 1. The fraction of sp³-hybridized carbons (Fsp3) is 0.188. The van der Waals surface area contributed by atoms with E-state index in [1.807, 2.05) is 26.0 Å². The first-order valence-corrected chi connectivity index (χ1v) is 6.91. The maximum absolute atomic E-state index is 12.1. The standard InChI is InChI=1S/C16H14Cl2O2/c1-10-3-4-12(7-11(10)2)15(19)9-20-16-8-13(17)5-6-14(16)18/h3-8H,9H2,1-2H3. The van der Waals surface area contributed by atoms with Crippen LogP contribution in [-0.4, -0.2) is 12.4 Å². The molecule has 0 aliphatic heterocycles. The Morgan fingerprint density at radius 3 is 2.50 bits per heavy atom. The Morgan fingerprint density at radius 1 is 1.05 bits per heavy atom. The molecular formula is C16H14Cl2O2. The summed E-state index contributed by atoms with van der Waals surface area (Å²) in [6, 6.07) is 10.5. The summed E-state index contributed by atoms with van der Waals surface area (Å²) in [4.78, 5) is 12.1. The van der Waals surface area contributed by atoms with Crippen LogP contribution in [-0.2, 0) is 0 Å². The lowest BCUT2D eigenvalue weighted by Gasteiger charge is -2.09. The lowest BCUT2D eigenvalue weighted by atomic mass is 10.0. The number of rotatable bonds is 4. The van der Waals surface area contributed by atoms with Crippen LogP contribution >= 0.6 is 23.2 Å². The van der Waals surface area contributed by atoms with Gasteiger partial charge in [0.15, 0.2) is 12.4 Å². The number of benzene rings is 2. The average Bonchev–Trinajstić information content (AvgIpc) is 2.42. The van der Waals surface area contributed by atoms with Gasteiger partial charge in [-0.15, -0.1) is 0 Å². The van der Waals surface area contributed by atoms with Crippen molar-refractivity contribution < 1.29 is 9.53 Å². The van der Waals surface area contributed by atoms with E-state index in [9.17, 15) is 4.79 Å². The predicted molar refractivity (Wildman–Crippen MR) is 82.2 cm³/mol. The van der Waals surface area contributed by atoms with Crippen LogP contribution in [0.1, 0.15) is 21.5 Å². The van der Waals surface area contributed by atoms with Crippen molar-refractivity contribution in [2.24, 2.45) is 0 Å². The van der Waals surface area contributed by atoms with Gasteiger partial charge < -0.3 is 4.74 Å². The summed E-state index contributed by atoms with van der Waals surface area (Å²) in [5.41, 5.74) is 2.86. The van der Waals surface area contributed by atoms with Crippen molar-refractivity contribution in [3.63, 3.8) is 0 Å². The maximum Gasteiger partial charge on any atom is 0.200 e. The summed E-state index contributed by atoms with van der Waals surface area (Å²) in [7, 11) is 0. The number of ether oxygens (including phenoxy) is 1. The van der Waals surface area contributed by atoms with Crippen LogP contribution in [0.2, 0.25) is 10.0 Å². The molecule has 0 N–H and O–H groups in total. The van der Waals surface area contributed by atoms with Crippen molar-refractivity contribution in [1.82, 2.24) is 0 Å². The minimum Gasteiger partial charge on any atom is -0.484 e. The molecule has 2 aromatic carbocycles. The van der Waals surface area contributed by atoms with E-state index < -0.39 is 0 Å². The van der Waals surface area contributed by atoms with Crippen LogP contribution in [0.5, 0.6) is 5.75 Å². The number of ketones is 1. The van der Waals surface area contributed by atoms with Gasteiger partial charge in [0.05, 0.1) is 5.02 Å². The van der Waals surface area contributed by atoms with Gasteiger partial charge in [-0.2, -0.15) is 0 Å². The van der Waals surface area contributed by atoms with Crippen LogP contribution in [0.3, 0.4) is 0 Å². The molecule has 20 heavy (non-hydrogen) atoms. The van der Waals surface area contributed by atoms with E-state index in [0.717, 1.165) is 11.1 Å². The molecule has 0 spiro atoms. The number of carbonyl (C=O) groups is 1. The van der Waals surface area contributed by atoms with E-state index in [-0.39, 0.29) is 12.4 Å². The number of halogens is 2. The maximum atomic E-state index is 12.1. The van der Waals surface area contributed by atoms with Crippen molar-refractivity contribution in [1.29, 1.82) is 0 Å². The molecule has 0 bridgehead atoms. The highest BCUT2D eigenvalue weighted by Crippen LogP contribution is 2.27. The van der Waals surface area contributed by atoms with Crippen LogP contribution < -0.4 is 4.74 Å². The zero-order chi connectivity index (χ0) is 14.7. The minimum absolute atomic E-state index is 0.0669. The SMILES string of the molecule is Cc1ccc(C(=O)COc2cc(Cl)ccc2Cl)cc1C. The molecule has 0 aromatic heterocycles. The van der Waals surface area contributed by atoms with E-state index >= 15 is 0 Å². The first-order chi connectivity index (χ1) is 9.47. The van der Waals surface area contributed by atoms with Gasteiger partial charge in [-0.1, -0.05) is 35.3 Å². The minimum atomic E-state index is -0.0934. The Morgan fingerprint density at radius 2 is 1.80 bits per heavy atom. The summed E-state index contributed by atoms with van der Waals surface area (Å²) in [6.45, 7) is 3.91. The molecule has 0 unspecified atom stereocenters. The van der Waals surface area contributed by atoms with Crippen molar-refractivity contribution >= 4 is 29.0 Å².